The van der Waals surface area contributed by atoms with Gasteiger partial charge >= 0.3 is 5.97 Å². The van der Waals surface area contributed by atoms with Crippen LogP contribution in [0.4, 0.5) is 5.69 Å². The number of ether oxygens (including phenoxy) is 2. The Hall–Kier alpha value is -2.04. The Balaban J connectivity index is 3.02. The Morgan fingerprint density at radius 3 is 2.18 bits per heavy atom. The van der Waals surface area contributed by atoms with Gasteiger partial charge in [0, 0.05) is 6.92 Å². The van der Waals surface area contributed by atoms with E-state index >= 15 is 0 Å². The van der Waals surface area contributed by atoms with Gasteiger partial charge < -0.3 is 14.8 Å². The summed E-state index contributed by atoms with van der Waals surface area (Å²) in [7, 11) is 0. The monoisotopic (exact) mass is 307 g/mol. The minimum atomic E-state index is -1.17. The average molecular weight is 307 g/mol. The number of aryl methyl sites for hydroxylation is 1. The van der Waals surface area contributed by atoms with Crippen LogP contribution in [0, 0.1) is 6.92 Å². The van der Waals surface area contributed by atoms with Crippen LogP contribution in [0.5, 0.6) is 5.75 Å². The molecule has 1 aromatic carbocycles. The Morgan fingerprint density at radius 1 is 1.09 bits per heavy atom. The molecular weight excluding hydrogens is 282 g/mol. The van der Waals surface area contributed by atoms with Gasteiger partial charge in [0.2, 0.25) is 5.91 Å². The number of hydrogen-bond donors (Lipinski definition) is 1. The SMILES string of the molecule is CC(=O)Nc1cc(C)ccc1OC(C)(C)C(=O)OC(C)(C)C. The zero-order valence-electron chi connectivity index (χ0n) is 14.4. The zero-order chi connectivity index (χ0) is 17.1. The predicted molar refractivity (Wildman–Crippen MR) is 86.0 cm³/mol. The molecule has 0 bridgehead atoms. The number of carbonyl (C=O) groups is 2. The van der Waals surface area contributed by atoms with Gasteiger partial charge in [-0.3, -0.25) is 4.79 Å². The number of amides is 1. The van der Waals surface area contributed by atoms with E-state index in [9.17, 15) is 9.59 Å². The summed E-state index contributed by atoms with van der Waals surface area (Å²) >= 11 is 0. The lowest BCUT2D eigenvalue weighted by molar-refractivity contribution is -0.170. The van der Waals surface area contributed by atoms with E-state index in [1.54, 1.807) is 46.8 Å². The highest BCUT2D eigenvalue weighted by molar-refractivity contribution is 5.90. The van der Waals surface area contributed by atoms with Gasteiger partial charge in [-0.2, -0.15) is 0 Å². The van der Waals surface area contributed by atoms with Gasteiger partial charge in [0.05, 0.1) is 5.69 Å². The molecule has 0 unspecified atom stereocenters. The van der Waals surface area contributed by atoms with Crippen molar-refractivity contribution in [1.82, 2.24) is 0 Å². The Labute approximate surface area is 132 Å². The maximum Gasteiger partial charge on any atom is 0.350 e. The van der Waals surface area contributed by atoms with Crippen molar-refractivity contribution >= 4 is 17.6 Å². The number of anilines is 1. The van der Waals surface area contributed by atoms with Crippen molar-refractivity contribution in [2.75, 3.05) is 5.32 Å². The number of carbonyl (C=O) groups excluding carboxylic acids is 2. The maximum atomic E-state index is 12.3. The van der Waals surface area contributed by atoms with Crippen molar-refractivity contribution < 1.29 is 19.1 Å². The van der Waals surface area contributed by atoms with Crippen molar-refractivity contribution in [2.24, 2.45) is 0 Å². The number of esters is 1. The molecule has 0 radical (unpaired) electrons. The highest BCUT2D eigenvalue weighted by atomic mass is 16.6. The first kappa shape index (κ1) is 18.0. The third-order valence-electron chi connectivity index (χ3n) is 2.70. The van der Waals surface area contributed by atoms with Gasteiger partial charge in [-0.05, 0) is 59.2 Å². The lowest BCUT2D eigenvalue weighted by atomic mass is 10.1. The van der Waals surface area contributed by atoms with Gasteiger partial charge in [0.25, 0.3) is 0 Å². The minimum Gasteiger partial charge on any atom is -0.474 e. The second-order valence-corrected chi connectivity index (χ2v) is 6.80. The zero-order valence-corrected chi connectivity index (χ0v) is 14.4. The molecule has 0 spiro atoms. The molecule has 5 nitrogen and oxygen atoms in total. The molecule has 1 aromatic rings. The van der Waals surface area contributed by atoms with Crippen LogP contribution in [0.3, 0.4) is 0 Å². The molecule has 0 saturated carbocycles. The summed E-state index contributed by atoms with van der Waals surface area (Å²) in [5.41, 5.74) is -0.253. The van der Waals surface area contributed by atoms with E-state index in [2.05, 4.69) is 5.32 Å². The van der Waals surface area contributed by atoms with Crippen LogP contribution in [0.2, 0.25) is 0 Å². The first-order chi connectivity index (χ1) is 9.90. The third-order valence-corrected chi connectivity index (χ3v) is 2.70. The molecule has 22 heavy (non-hydrogen) atoms. The van der Waals surface area contributed by atoms with Gasteiger partial charge in [0.15, 0.2) is 5.60 Å². The lowest BCUT2D eigenvalue weighted by Gasteiger charge is -2.29. The molecule has 0 heterocycles. The molecular formula is C17H25NO4. The normalized spacial score (nSPS) is 11.8. The largest absolute Gasteiger partial charge is 0.474 e. The fraction of sp³-hybridized carbons (Fsp3) is 0.529. The summed E-state index contributed by atoms with van der Waals surface area (Å²) in [6, 6.07) is 5.38. The standard InChI is InChI=1S/C17H25NO4/c1-11-8-9-14(13(10-11)18-12(2)19)21-17(6,7)15(20)22-16(3,4)5/h8-10H,1-7H3,(H,18,19). The summed E-state index contributed by atoms with van der Waals surface area (Å²) in [5, 5.41) is 2.71. The summed E-state index contributed by atoms with van der Waals surface area (Å²) in [5.74, 6) is -0.239. The quantitative estimate of drug-likeness (QED) is 0.865. The molecule has 0 atom stereocenters. The van der Waals surface area contributed by atoms with Crippen LogP contribution in [0.25, 0.3) is 0 Å². The lowest BCUT2D eigenvalue weighted by Crippen LogP contribution is -2.43. The minimum absolute atomic E-state index is 0.203. The molecule has 0 aliphatic rings. The van der Waals surface area contributed by atoms with Crippen LogP contribution in [-0.2, 0) is 14.3 Å². The highest BCUT2D eigenvalue weighted by Crippen LogP contribution is 2.30. The summed E-state index contributed by atoms with van der Waals surface area (Å²) in [4.78, 5) is 23.6. The molecule has 0 aliphatic carbocycles. The van der Waals surface area contributed by atoms with Crippen molar-refractivity contribution in [3.8, 4) is 5.75 Å². The van der Waals surface area contributed by atoms with Crippen molar-refractivity contribution in [1.29, 1.82) is 0 Å². The third kappa shape index (κ3) is 5.39. The van der Waals surface area contributed by atoms with Crippen LogP contribution >= 0.6 is 0 Å². The van der Waals surface area contributed by atoms with Crippen molar-refractivity contribution in [2.45, 2.75) is 59.7 Å². The van der Waals surface area contributed by atoms with Gasteiger partial charge in [-0.25, -0.2) is 4.79 Å². The first-order valence-electron chi connectivity index (χ1n) is 7.21. The van der Waals surface area contributed by atoms with Crippen LogP contribution in [0.15, 0.2) is 18.2 Å². The number of nitrogens with one attached hydrogen (secondary N) is 1. The van der Waals surface area contributed by atoms with Crippen LogP contribution in [0.1, 0.15) is 47.1 Å². The predicted octanol–water partition coefficient (Wildman–Crippen LogP) is 3.45. The van der Waals surface area contributed by atoms with E-state index < -0.39 is 17.2 Å². The Bertz CT molecular complexity index is 571. The van der Waals surface area contributed by atoms with Crippen LogP contribution in [-0.4, -0.2) is 23.1 Å². The smallest absolute Gasteiger partial charge is 0.350 e. The topological polar surface area (TPSA) is 64.6 Å². The Morgan fingerprint density at radius 2 is 1.68 bits per heavy atom. The molecule has 1 rings (SSSR count). The van der Waals surface area contributed by atoms with Crippen molar-refractivity contribution in [3.05, 3.63) is 23.8 Å². The molecule has 0 aliphatic heterocycles. The fourth-order valence-corrected chi connectivity index (χ4v) is 1.74. The van der Waals surface area contributed by atoms with Crippen LogP contribution < -0.4 is 10.1 Å². The first-order valence-corrected chi connectivity index (χ1v) is 7.21. The van der Waals surface area contributed by atoms with E-state index in [0.717, 1.165) is 5.56 Å². The molecule has 1 N–H and O–H groups in total. The van der Waals surface area contributed by atoms with E-state index in [4.69, 9.17) is 9.47 Å². The van der Waals surface area contributed by atoms with E-state index in [1.165, 1.54) is 6.92 Å². The second kappa shape index (κ2) is 6.38. The number of benzene rings is 1. The van der Waals surface area contributed by atoms with E-state index in [0.29, 0.717) is 11.4 Å². The average Bonchev–Trinajstić information content (AvgIpc) is 2.29. The molecule has 0 aromatic heterocycles. The molecule has 1 amide bonds. The second-order valence-electron chi connectivity index (χ2n) is 6.80. The highest BCUT2D eigenvalue weighted by Gasteiger charge is 2.35. The summed E-state index contributed by atoms with van der Waals surface area (Å²) in [6.07, 6.45) is 0. The van der Waals surface area contributed by atoms with Gasteiger partial charge in [-0.1, -0.05) is 6.07 Å². The molecule has 0 saturated heterocycles. The molecule has 5 heteroatoms. The summed E-state index contributed by atoms with van der Waals surface area (Å²) in [6.45, 7) is 12.0. The van der Waals surface area contributed by atoms with Crippen molar-refractivity contribution in [3.63, 3.8) is 0 Å². The maximum absolute atomic E-state index is 12.3. The molecule has 0 fully saturated rings. The van der Waals surface area contributed by atoms with Gasteiger partial charge in [0.1, 0.15) is 11.4 Å². The number of hydrogen-bond acceptors (Lipinski definition) is 4. The fourth-order valence-electron chi connectivity index (χ4n) is 1.74. The van der Waals surface area contributed by atoms with Gasteiger partial charge in [-0.15, -0.1) is 0 Å². The van der Waals surface area contributed by atoms with E-state index in [1.807, 2.05) is 13.0 Å². The summed E-state index contributed by atoms with van der Waals surface area (Å²) < 4.78 is 11.2. The number of rotatable bonds is 4. The molecule has 122 valence electrons. The Kier molecular flexibility index (Phi) is 5.22. The van der Waals surface area contributed by atoms with E-state index in [-0.39, 0.29) is 5.91 Å².